The summed E-state index contributed by atoms with van der Waals surface area (Å²) in [7, 11) is 0. The molecule has 0 spiro atoms. The zero-order valence-electron chi connectivity index (χ0n) is 17.9. The third-order valence-electron chi connectivity index (χ3n) is 5.88. The van der Waals surface area contributed by atoms with Crippen molar-refractivity contribution in [2.45, 2.75) is 44.9 Å². The van der Waals surface area contributed by atoms with E-state index in [2.05, 4.69) is 27.5 Å². The van der Waals surface area contributed by atoms with Gasteiger partial charge >= 0.3 is 0 Å². The summed E-state index contributed by atoms with van der Waals surface area (Å²) in [6, 6.07) is 17.9. The average molecular weight is 419 g/mol. The predicted molar refractivity (Wildman–Crippen MR) is 124 cm³/mol. The van der Waals surface area contributed by atoms with Crippen molar-refractivity contribution in [1.29, 1.82) is 0 Å². The molecule has 2 aromatic carbocycles. The van der Waals surface area contributed by atoms with Gasteiger partial charge in [0, 0.05) is 43.7 Å². The second-order valence-electron chi connectivity index (χ2n) is 8.18. The molecule has 1 saturated heterocycles. The van der Waals surface area contributed by atoms with Gasteiger partial charge < -0.3 is 10.2 Å². The van der Waals surface area contributed by atoms with Crippen LogP contribution in [0.3, 0.4) is 0 Å². The largest absolute Gasteiger partial charge is 0.372 e. The van der Waals surface area contributed by atoms with Crippen molar-refractivity contribution >= 4 is 28.9 Å². The van der Waals surface area contributed by atoms with Gasteiger partial charge in [-0.15, -0.1) is 0 Å². The number of benzene rings is 2. The Morgan fingerprint density at radius 1 is 0.839 bits per heavy atom. The molecule has 31 heavy (non-hydrogen) atoms. The molecule has 2 heterocycles. The second-order valence-corrected chi connectivity index (χ2v) is 8.18. The molecule has 0 saturated carbocycles. The van der Waals surface area contributed by atoms with Gasteiger partial charge in [0.05, 0.1) is 12.3 Å². The van der Waals surface area contributed by atoms with Gasteiger partial charge in [-0.05, 0) is 42.7 Å². The highest BCUT2D eigenvalue weighted by Gasteiger charge is 2.22. The van der Waals surface area contributed by atoms with Crippen molar-refractivity contribution in [1.82, 2.24) is 5.01 Å². The predicted octanol–water partition coefficient (Wildman–Crippen LogP) is 4.42. The minimum atomic E-state index is -0.151. The van der Waals surface area contributed by atoms with Crippen LogP contribution in [-0.2, 0) is 9.59 Å². The monoisotopic (exact) mass is 418 g/mol. The van der Waals surface area contributed by atoms with E-state index in [9.17, 15) is 9.59 Å². The Kier molecular flexibility index (Phi) is 6.97. The van der Waals surface area contributed by atoms with Crippen LogP contribution in [0.15, 0.2) is 59.7 Å². The maximum Gasteiger partial charge on any atom is 0.243 e. The molecule has 6 nitrogen and oxygen atoms in total. The van der Waals surface area contributed by atoms with Crippen molar-refractivity contribution in [3.63, 3.8) is 0 Å². The second kappa shape index (κ2) is 10.2. The molecule has 2 aliphatic heterocycles. The lowest BCUT2D eigenvalue weighted by Gasteiger charge is -2.22. The number of anilines is 2. The molecule has 0 aromatic heterocycles. The van der Waals surface area contributed by atoms with Crippen LogP contribution in [0.5, 0.6) is 0 Å². The zero-order valence-corrected chi connectivity index (χ0v) is 17.9. The first-order valence-electron chi connectivity index (χ1n) is 11.3. The maximum absolute atomic E-state index is 12.5. The lowest BCUT2D eigenvalue weighted by atomic mass is 10.1. The number of nitrogens with one attached hydrogen (secondary N) is 1. The van der Waals surface area contributed by atoms with Crippen LogP contribution in [0, 0.1) is 0 Å². The Bertz CT molecular complexity index is 916. The summed E-state index contributed by atoms with van der Waals surface area (Å²) in [6.45, 7) is 2.76. The van der Waals surface area contributed by atoms with Gasteiger partial charge in [-0.3, -0.25) is 9.59 Å². The van der Waals surface area contributed by atoms with Gasteiger partial charge in [-0.25, -0.2) is 5.01 Å². The van der Waals surface area contributed by atoms with E-state index in [-0.39, 0.29) is 24.7 Å². The fourth-order valence-electron chi connectivity index (χ4n) is 4.13. The number of hydrazone groups is 1. The maximum atomic E-state index is 12.5. The van der Waals surface area contributed by atoms with Gasteiger partial charge in [-0.1, -0.05) is 43.2 Å². The molecule has 0 bridgehead atoms. The SMILES string of the molecule is O=C(CCC(=O)N1CCC(c2ccccc2)=N1)Nc1ccc(N2CCCCCC2)cc1. The van der Waals surface area contributed by atoms with Crippen LogP contribution < -0.4 is 10.2 Å². The number of hydrogen-bond donors (Lipinski definition) is 1. The van der Waals surface area contributed by atoms with Crippen LogP contribution in [0.25, 0.3) is 0 Å². The molecular weight excluding hydrogens is 388 g/mol. The van der Waals surface area contributed by atoms with Gasteiger partial charge in [-0.2, -0.15) is 5.10 Å². The first-order chi connectivity index (χ1) is 15.2. The Labute approximate surface area is 183 Å². The number of rotatable bonds is 6. The molecule has 0 radical (unpaired) electrons. The third kappa shape index (κ3) is 5.72. The van der Waals surface area contributed by atoms with E-state index in [4.69, 9.17) is 0 Å². The van der Waals surface area contributed by atoms with E-state index in [0.29, 0.717) is 6.54 Å². The van der Waals surface area contributed by atoms with Gasteiger partial charge in [0.2, 0.25) is 11.8 Å². The van der Waals surface area contributed by atoms with Gasteiger partial charge in [0.1, 0.15) is 0 Å². The first-order valence-corrected chi connectivity index (χ1v) is 11.3. The molecule has 4 rings (SSSR count). The van der Waals surface area contributed by atoms with E-state index < -0.39 is 0 Å². The number of carbonyl (C=O) groups excluding carboxylic acids is 2. The van der Waals surface area contributed by atoms with E-state index in [1.54, 1.807) is 0 Å². The molecular formula is C25H30N4O2. The van der Waals surface area contributed by atoms with Crippen LogP contribution in [0.1, 0.15) is 50.5 Å². The molecule has 162 valence electrons. The van der Waals surface area contributed by atoms with Crippen LogP contribution >= 0.6 is 0 Å². The molecule has 0 atom stereocenters. The highest BCUT2D eigenvalue weighted by Crippen LogP contribution is 2.22. The smallest absolute Gasteiger partial charge is 0.243 e. The zero-order chi connectivity index (χ0) is 21.5. The summed E-state index contributed by atoms with van der Waals surface area (Å²) in [5.74, 6) is -0.264. The van der Waals surface area contributed by atoms with Crippen LogP contribution in [0.4, 0.5) is 11.4 Å². The Balaban J connectivity index is 1.24. The number of nitrogens with zero attached hydrogens (tertiary/aromatic N) is 3. The Morgan fingerprint density at radius 3 is 2.26 bits per heavy atom. The van der Waals surface area contributed by atoms with Gasteiger partial charge in [0.15, 0.2) is 0 Å². The fourth-order valence-corrected chi connectivity index (χ4v) is 4.13. The lowest BCUT2D eigenvalue weighted by molar-refractivity contribution is -0.132. The summed E-state index contributed by atoms with van der Waals surface area (Å²) < 4.78 is 0. The summed E-state index contributed by atoms with van der Waals surface area (Å²) >= 11 is 0. The van der Waals surface area contributed by atoms with Crippen LogP contribution in [0.2, 0.25) is 0 Å². The highest BCUT2D eigenvalue weighted by molar-refractivity contribution is 6.02. The van der Waals surface area contributed by atoms with E-state index in [0.717, 1.165) is 36.5 Å². The molecule has 2 amide bonds. The molecule has 6 heteroatoms. The first kappa shape index (κ1) is 21.1. The van der Waals surface area contributed by atoms with E-state index in [1.165, 1.54) is 36.4 Å². The topological polar surface area (TPSA) is 65.0 Å². The lowest BCUT2D eigenvalue weighted by Crippen LogP contribution is -2.25. The van der Waals surface area contributed by atoms with Crippen molar-refractivity contribution < 1.29 is 9.59 Å². The number of carbonyl (C=O) groups is 2. The van der Waals surface area contributed by atoms with E-state index in [1.807, 2.05) is 42.5 Å². The fraction of sp³-hybridized carbons (Fsp3) is 0.400. The van der Waals surface area contributed by atoms with Crippen molar-refractivity contribution in [3.05, 3.63) is 60.2 Å². The molecule has 2 aliphatic rings. The normalized spacial score (nSPS) is 16.6. The summed E-state index contributed by atoms with van der Waals surface area (Å²) in [5.41, 5.74) is 3.93. The molecule has 1 fully saturated rings. The van der Waals surface area contributed by atoms with Crippen molar-refractivity contribution in [2.75, 3.05) is 29.9 Å². The average Bonchev–Trinajstić information content (AvgIpc) is 3.15. The number of hydrogen-bond acceptors (Lipinski definition) is 4. The van der Waals surface area contributed by atoms with E-state index >= 15 is 0 Å². The Hall–Kier alpha value is -3.15. The molecule has 0 aliphatic carbocycles. The standard InChI is InChI=1S/C25H30N4O2/c30-24(26-21-10-12-22(13-11-21)28-17-6-1-2-7-18-28)14-15-25(31)29-19-16-23(27-29)20-8-4-3-5-9-20/h3-5,8-13H,1-2,6-7,14-19H2,(H,26,30). The van der Waals surface area contributed by atoms with Crippen LogP contribution in [-0.4, -0.2) is 42.2 Å². The summed E-state index contributed by atoms with van der Waals surface area (Å²) in [6.07, 6.45) is 6.13. The summed E-state index contributed by atoms with van der Waals surface area (Å²) in [4.78, 5) is 27.2. The molecule has 0 unspecified atom stereocenters. The Morgan fingerprint density at radius 2 is 1.55 bits per heavy atom. The minimum absolute atomic E-state index is 0.113. The quantitative estimate of drug-likeness (QED) is 0.755. The van der Waals surface area contributed by atoms with Gasteiger partial charge in [0.25, 0.3) is 0 Å². The summed E-state index contributed by atoms with van der Waals surface area (Å²) in [5, 5.41) is 8.84. The van der Waals surface area contributed by atoms with Crippen molar-refractivity contribution in [3.8, 4) is 0 Å². The van der Waals surface area contributed by atoms with Crippen molar-refractivity contribution in [2.24, 2.45) is 5.10 Å². The molecule has 2 aromatic rings. The third-order valence-corrected chi connectivity index (χ3v) is 5.88. The number of amides is 2. The highest BCUT2D eigenvalue weighted by atomic mass is 16.2. The molecule has 1 N–H and O–H groups in total. The minimum Gasteiger partial charge on any atom is -0.372 e.